The fourth-order valence-electron chi connectivity index (χ4n) is 2.44. The van der Waals surface area contributed by atoms with Gasteiger partial charge >= 0.3 is 5.97 Å². The van der Waals surface area contributed by atoms with E-state index in [2.05, 4.69) is 20.1 Å². The molecule has 0 atom stereocenters. The number of carbonyl (C=O) groups excluding carboxylic acids is 1. The number of nitrogens with zero attached hydrogens (tertiary/aromatic N) is 5. The summed E-state index contributed by atoms with van der Waals surface area (Å²) in [6.45, 7) is 2.00. The lowest BCUT2D eigenvalue weighted by atomic mass is 10.1. The smallest absolute Gasteiger partial charge is 0.358 e. The van der Waals surface area contributed by atoms with Gasteiger partial charge in [0.05, 0.1) is 18.0 Å². The van der Waals surface area contributed by atoms with E-state index < -0.39 is 5.97 Å². The molecule has 2 heterocycles. The Morgan fingerprint density at radius 2 is 2.04 bits per heavy atom. The number of ether oxygens (including phenoxy) is 1. The minimum absolute atomic E-state index is 0.0595. The van der Waals surface area contributed by atoms with Gasteiger partial charge in [-0.25, -0.2) is 19.3 Å². The van der Waals surface area contributed by atoms with Gasteiger partial charge in [-0.1, -0.05) is 12.1 Å². The van der Waals surface area contributed by atoms with Crippen LogP contribution in [-0.2, 0) is 4.74 Å². The monoisotopic (exact) mass is 366 g/mol. The normalized spacial score (nSPS) is 11.4. The Morgan fingerprint density at radius 1 is 1.22 bits per heavy atom. The van der Waals surface area contributed by atoms with Crippen LogP contribution in [-0.4, -0.2) is 39.1 Å². The Hall–Kier alpha value is -3.95. The van der Waals surface area contributed by atoms with Crippen LogP contribution in [0.15, 0.2) is 52.6 Å². The molecule has 0 spiro atoms. The van der Waals surface area contributed by atoms with E-state index >= 15 is 0 Å². The number of nitrogens with two attached hydrogens (primary N) is 3. The lowest BCUT2D eigenvalue weighted by molar-refractivity contribution is 0.0519. The van der Waals surface area contributed by atoms with Crippen molar-refractivity contribution in [3.8, 4) is 11.3 Å². The Labute approximate surface area is 154 Å². The van der Waals surface area contributed by atoms with Crippen molar-refractivity contribution in [3.05, 3.63) is 48.3 Å². The van der Waals surface area contributed by atoms with Crippen LogP contribution in [0.2, 0.25) is 0 Å². The number of hydrogen-bond donors (Lipinski definition) is 3. The largest absolute Gasteiger partial charge is 0.461 e. The summed E-state index contributed by atoms with van der Waals surface area (Å²) in [5.41, 5.74) is 19.0. The maximum absolute atomic E-state index is 11.9. The molecule has 0 unspecified atom stereocenters. The van der Waals surface area contributed by atoms with Crippen molar-refractivity contribution in [1.29, 1.82) is 0 Å². The molecule has 2 aromatic heterocycles. The quantitative estimate of drug-likeness (QED) is 0.349. The molecular weight excluding hydrogens is 348 g/mol. The molecule has 0 aliphatic heterocycles. The molecule has 0 aliphatic rings. The van der Waals surface area contributed by atoms with Crippen LogP contribution in [0.4, 0.5) is 5.69 Å². The summed E-state index contributed by atoms with van der Waals surface area (Å²) in [6.07, 6.45) is 1.63. The average Bonchev–Trinajstić information content (AvgIpc) is 3.05. The van der Waals surface area contributed by atoms with Gasteiger partial charge in [-0.15, -0.1) is 0 Å². The molecular formula is C17H18N8O2. The van der Waals surface area contributed by atoms with E-state index in [1.54, 1.807) is 48.0 Å². The molecule has 1 aromatic carbocycles. The number of carbonyl (C=O) groups is 1. The molecule has 0 fully saturated rings. The number of hydrogen-bond acceptors (Lipinski definition) is 5. The molecule has 0 aliphatic carbocycles. The fourth-order valence-corrected chi connectivity index (χ4v) is 2.44. The highest BCUT2D eigenvalue weighted by molar-refractivity contribution is 5.93. The van der Waals surface area contributed by atoms with Crippen molar-refractivity contribution in [1.82, 2.24) is 14.6 Å². The third-order valence-corrected chi connectivity index (χ3v) is 3.47. The molecule has 10 nitrogen and oxygen atoms in total. The van der Waals surface area contributed by atoms with Gasteiger partial charge in [0.1, 0.15) is 0 Å². The Kier molecular flexibility index (Phi) is 4.97. The maximum atomic E-state index is 11.9. The van der Waals surface area contributed by atoms with Crippen LogP contribution in [0.25, 0.3) is 16.9 Å². The topological polar surface area (TPSA) is 159 Å². The zero-order valence-electron chi connectivity index (χ0n) is 14.5. The van der Waals surface area contributed by atoms with Crippen molar-refractivity contribution in [2.75, 3.05) is 6.61 Å². The van der Waals surface area contributed by atoms with Crippen LogP contribution in [0.1, 0.15) is 17.4 Å². The molecule has 0 saturated carbocycles. The van der Waals surface area contributed by atoms with Crippen molar-refractivity contribution in [2.45, 2.75) is 6.92 Å². The summed E-state index contributed by atoms with van der Waals surface area (Å²) in [7, 11) is 0. The molecule has 138 valence electrons. The highest BCUT2D eigenvalue weighted by atomic mass is 16.5. The molecule has 0 bridgehead atoms. The fraction of sp³-hybridized carbons (Fsp3) is 0.118. The standard InChI is InChI=1S/C17H18N8O2/c1-2-27-15(26)12-9-14-21-7-6-13(25(14)24-12)10-4-3-5-11(8-10)22-17(20)23-16(18)19/h3-9H,2H2,1H3,(H6,18,19,20,22,23). The van der Waals surface area contributed by atoms with Gasteiger partial charge in [-0.05, 0) is 25.1 Å². The van der Waals surface area contributed by atoms with Crippen LogP contribution in [0.5, 0.6) is 0 Å². The van der Waals surface area contributed by atoms with Crippen molar-refractivity contribution >= 4 is 29.2 Å². The molecule has 27 heavy (non-hydrogen) atoms. The molecule has 0 radical (unpaired) electrons. The van der Waals surface area contributed by atoms with E-state index in [-0.39, 0.29) is 24.2 Å². The first-order valence-electron chi connectivity index (χ1n) is 8.04. The predicted molar refractivity (Wildman–Crippen MR) is 101 cm³/mol. The van der Waals surface area contributed by atoms with Crippen molar-refractivity contribution in [2.24, 2.45) is 27.2 Å². The van der Waals surface area contributed by atoms with E-state index in [9.17, 15) is 4.79 Å². The Bertz CT molecular complexity index is 1050. The molecule has 6 N–H and O–H groups in total. The number of benzene rings is 1. The summed E-state index contributed by atoms with van der Waals surface area (Å²) in [4.78, 5) is 24.0. The third kappa shape index (κ3) is 4.00. The summed E-state index contributed by atoms with van der Waals surface area (Å²) in [5.74, 6) is -0.737. The second-order valence-electron chi connectivity index (χ2n) is 5.41. The highest BCUT2D eigenvalue weighted by Gasteiger charge is 2.15. The number of aliphatic imine (C=N–C) groups is 2. The highest BCUT2D eigenvalue weighted by Crippen LogP contribution is 2.24. The number of esters is 1. The van der Waals surface area contributed by atoms with Gasteiger partial charge in [0.25, 0.3) is 0 Å². The van der Waals surface area contributed by atoms with Crippen LogP contribution < -0.4 is 17.2 Å². The van der Waals surface area contributed by atoms with Gasteiger partial charge in [-0.2, -0.15) is 10.1 Å². The van der Waals surface area contributed by atoms with Crippen molar-refractivity contribution in [3.63, 3.8) is 0 Å². The zero-order valence-corrected chi connectivity index (χ0v) is 14.5. The van der Waals surface area contributed by atoms with Gasteiger partial charge in [0, 0.05) is 17.8 Å². The lowest BCUT2D eigenvalue weighted by Gasteiger charge is -2.05. The number of rotatable bonds is 4. The van der Waals surface area contributed by atoms with E-state index in [0.717, 1.165) is 5.56 Å². The third-order valence-electron chi connectivity index (χ3n) is 3.47. The predicted octanol–water partition coefficient (Wildman–Crippen LogP) is 0.793. The number of guanidine groups is 2. The maximum Gasteiger partial charge on any atom is 0.358 e. The van der Waals surface area contributed by atoms with E-state index in [4.69, 9.17) is 21.9 Å². The van der Waals surface area contributed by atoms with E-state index in [0.29, 0.717) is 17.0 Å². The van der Waals surface area contributed by atoms with Crippen LogP contribution in [0, 0.1) is 0 Å². The second kappa shape index (κ2) is 7.52. The van der Waals surface area contributed by atoms with Gasteiger partial charge < -0.3 is 21.9 Å². The first-order valence-corrected chi connectivity index (χ1v) is 8.04. The van der Waals surface area contributed by atoms with Gasteiger partial charge in [0.2, 0.25) is 5.96 Å². The number of aromatic nitrogens is 3. The molecule has 3 rings (SSSR count). The first-order chi connectivity index (χ1) is 13.0. The molecule has 0 amide bonds. The molecule has 0 saturated heterocycles. The number of fused-ring (bicyclic) bond motifs is 1. The Morgan fingerprint density at radius 3 is 2.78 bits per heavy atom. The van der Waals surface area contributed by atoms with Crippen LogP contribution in [0.3, 0.4) is 0 Å². The SMILES string of the molecule is CCOC(=O)c1cc2nccc(-c3cccc(N=C(N)N=C(N)N)c3)n2n1. The van der Waals surface area contributed by atoms with E-state index in [1.807, 2.05) is 6.07 Å². The molecule has 10 heteroatoms. The second-order valence-corrected chi connectivity index (χ2v) is 5.41. The minimum Gasteiger partial charge on any atom is -0.461 e. The average molecular weight is 366 g/mol. The zero-order chi connectivity index (χ0) is 19.4. The van der Waals surface area contributed by atoms with Crippen LogP contribution >= 0.6 is 0 Å². The van der Waals surface area contributed by atoms with Gasteiger partial charge in [-0.3, -0.25) is 0 Å². The van der Waals surface area contributed by atoms with Gasteiger partial charge in [0.15, 0.2) is 17.3 Å². The van der Waals surface area contributed by atoms with Crippen molar-refractivity contribution < 1.29 is 9.53 Å². The molecule has 3 aromatic rings. The Balaban J connectivity index is 2.04. The summed E-state index contributed by atoms with van der Waals surface area (Å²) in [6, 6.07) is 10.6. The summed E-state index contributed by atoms with van der Waals surface area (Å²) < 4.78 is 6.55. The summed E-state index contributed by atoms with van der Waals surface area (Å²) in [5, 5.41) is 4.30. The minimum atomic E-state index is -0.502. The lowest BCUT2D eigenvalue weighted by Crippen LogP contribution is -2.26. The summed E-state index contributed by atoms with van der Waals surface area (Å²) >= 11 is 0. The first kappa shape index (κ1) is 17.9. The van der Waals surface area contributed by atoms with E-state index in [1.165, 1.54) is 0 Å².